The molecule has 0 spiro atoms. The van der Waals surface area contributed by atoms with Crippen LogP contribution < -0.4 is 0 Å². The molecule has 1 aliphatic heterocycles. The highest BCUT2D eigenvalue weighted by Crippen LogP contribution is 2.27. The lowest BCUT2D eigenvalue weighted by atomic mass is 10.2. The Morgan fingerprint density at radius 2 is 2.00 bits per heavy atom. The van der Waals surface area contributed by atoms with Gasteiger partial charge in [0.2, 0.25) is 0 Å². The Balaban J connectivity index is 1.77. The van der Waals surface area contributed by atoms with Crippen LogP contribution in [0.25, 0.3) is 0 Å². The predicted octanol–water partition coefficient (Wildman–Crippen LogP) is 4.17. The van der Waals surface area contributed by atoms with Gasteiger partial charge >= 0.3 is 0 Å². The van der Waals surface area contributed by atoms with E-state index in [1.54, 1.807) is 12.1 Å². The maximum absolute atomic E-state index is 12.7. The molecule has 136 valence electrons. The van der Waals surface area contributed by atoms with E-state index in [0.717, 1.165) is 44.3 Å². The second kappa shape index (κ2) is 9.80. The zero-order valence-electron chi connectivity index (χ0n) is 14.6. The smallest absolute Gasteiger partial charge is 0.190 e. The van der Waals surface area contributed by atoms with Gasteiger partial charge in [0, 0.05) is 13.2 Å². The summed E-state index contributed by atoms with van der Waals surface area (Å²) >= 11 is 1.41. The van der Waals surface area contributed by atoms with Crippen LogP contribution in [0.1, 0.15) is 44.1 Å². The molecule has 2 atom stereocenters. The number of ether oxygens (including phenoxy) is 2. The lowest BCUT2D eigenvalue weighted by Crippen LogP contribution is -2.23. The first-order chi connectivity index (χ1) is 11.5. The van der Waals surface area contributed by atoms with E-state index in [1.807, 2.05) is 25.3 Å². The molecule has 1 aromatic carbocycles. The molecule has 0 saturated carbocycles. The molecule has 1 fully saturated rings. The van der Waals surface area contributed by atoms with Crippen LogP contribution in [0, 0.1) is 6.92 Å². The maximum Gasteiger partial charge on any atom is 0.190 e. The molecule has 1 aliphatic rings. The van der Waals surface area contributed by atoms with Crippen molar-refractivity contribution in [3.63, 3.8) is 0 Å². The molecule has 0 amide bonds. The van der Waals surface area contributed by atoms with Gasteiger partial charge in [0.05, 0.1) is 4.90 Å². The van der Waals surface area contributed by atoms with Crippen molar-refractivity contribution in [1.82, 2.24) is 0 Å². The van der Waals surface area contributed by atoms with Crippen LogP contribution >= 0.6 is 11.8 Å². The molecule has 2 rings (SSSR count). The van der Waals surface area contributed by atoms with Crippen molar-refractivity contribution in [3.05, 3.63) is 29.8 Å². The van der Waals surface area contributed by atoms with Crippen LogP contribution in [0.4, 0.5) is 0 Å². The van der Waals surface area contributed by atoms with Gasteiger partial charge in [0.25, 0.3) is 0 Å². The molecule has 0 radical (unpaired) electrons. The largest absolute Gasteiger partial charge is 0.353 e. The fourth-order valence-electron chi connectivity index (χ4n) is 2.75. The molecule has 4 nitrogen and oxygen atoms in total. The Labute approximate surface area is 150 Å². The second-order valence-electron chi connectivity index (χ2n) is 6.19. The van der Waals surface area contributed by atoms with Crippen molar-refractivity contribution in [3.8, 4) is 0 Å². The van der Waals surface area contributed by atoms with Gasteiger partial charge in [0.1, 0.15) is 4.58 Å². The van der Waals surface area contributed by atoms with Gasteiger partial charge in [-0.3, -0.25) is 0 Å². The van der Waals surface area contributed by atoms with E-state index < -0.39 is 14.4 Å². The summed E-state index contributed by atoms with van der Waals surface area (Å²) in [6.07, 6.45) is 7.39. The number of benzene rings is 1. The minimum Gasteiger partial charge on any atom is -0.353 e. The molecule has 1 aromatic rings. The van der Waals surface area contributed by atoms with E-state index in [2.05, 4.69) is 0 Å². The minimum atomic E-state index is -3.28. The lowest BCUT2D eigenvalue weighted by Gasteiger charge is -2.22. The highest BCUT2D eigenvalue weighted by molar-refractivity contribution is 8.13. The van der Waals surface area contributed by atoms with Crippen LogP contribution in [0.3, 0.4) is 0 Å². The average Bonchev–Trinajstić information content (AvgIpc) is 2.59. The zero-order valence-corrected chi connectivity index (χ0v) is 16.2. The van der Waals surface area contributed by atoms with Crippen LogP contribution in [-0.2, 0) is 19.3 Å². The van der Waals surface area contributed by atoms with Gasteiger partial charge in [-0.05, 0) is 63.8 Å². The summed E-state index contributed by atoms with van der Waals surface area (Å²) in [4.78, 5) is 0.416. The van der Waals surface area contributed by atoms with Crippen molar-refractivity contribution in [1.29, 1.82) is 0 Å². The molecular weight excluding hydrogens is 344 g/mol. The third-order valence-electron chi connectivity index (χ3n) is 4.23. The molecule has 24 heavy (non-hydrogen) atoms. The fourth-order valence-corrected chi connectivity index (χ4v) is 5.79. The first-order valence-corrected chi connectivity index (χ1v) is 11.4. The third kappa shape index (κ3) is 5.76. The van der Waals surface area contributed by atoms with Crippen LogP contribution in [0.2, 0.25) is 0 Å². The van der Waals surface area contributed by atoms with E-state index in [9.17, 15) is 8.42 Å². The van der Waals surface area contributed by atoms with Crippen LogP contribution in [0.15, 0.2) is 29.2 Å². The Kier molecular flexibility index (Phi) is 8.07. The van der Waals surface area contributed by atoms with Crippen molar-refractivity contribution in [2.75, 3.05) is 19.5 Å². The van der Waals surface area contributed by atoms with Gasteiger partial charge in [-0.15, -0.1) is 11.8 Å². The highest BCUT2D eigenvalue weighted by Gasteiger charge is 2.26. The standard InChI is InChI=1S/C18H28O4S2/c1-15-9-11-16(12-10-15)24(19,20)18(23-2)8-4-6-14-22-17-7-3-5-13-21-17/h9-12,17-18H,3-8,13-14H2,1-2H3. The zero-order chi connectivity index (χ0) is 17.4. The van der Waals surface area contributed by atoms with Crippen molar-refractivity contribution < 1.29 is 17.9 Å². The SMILES string of the molecule is CSC(CCCCOC1CCCCO1)S(=O)(=O)c1ccc(C)cc1. The van der Waals surface area contributed by atoms with Crippen LogP contribution in [0.5, 0.6) is 0 Å². The molecule has 0 aromatic heterocycles. The van der Waals surface area contributed by atoms with Crippen LogP contribution in [-0.4, -0.2) is 38.8 Å². The molecule has 0 aliphatic carbocycles. The summed E-state index contributed by atoms with van der Waals surface area (Å²) < 4.78 is 36.3. The molecule has 0 bridgehead atoms. The molecule has 2 unspecified atom stereocenters. The summed E-state index contributed by atoms with van der Waals surface area (Å²) in [5.74, 6) is 0. The number of thioether (sulfide) groups is 1. The van der Waals surface area contributed by atoms with Gasteiger partial charge in [-0.1, -0.05) is 17.7 Å². The fraction of sp³-hybridized carbons (Fsp3) is 0.667. The average molecular weight is 373 g/mol. The summed E-state index contributed by atoms with van der Waals surface area (Å²) in [5, 5.41) is 0. The van der Waals surface area contributed by atoms with Crippen molar-refractivity contribution >= 4 is 21.6 Å². The van der Waals surface area contributed by atoms with Gasteiger partial charge < -0.3 is 9.47 Å². The number of rotatable bonds is 9. The van der Waals surface area contributed by atoms with E-state index in [4.69, 9.17) is 9.47 Å². The van der Waals surface area contributed by atoms with Gasteiger partial charge in [-0.2, -0.15) is 0 Å². The normalized spacial score (nSPS) is 20.0. The molecule has 1 heterocycles. The maximum atomic E-state index is 12.7. The Morgan fingerprint density at radius 3 is 2.62 bits per heavy atom. The summed E-state index contributed by atoms with van der Waals surface area (Å²) in [6.45, 7) is 3.38. The second-order valence-corrected chi connectivity index (χ2v) is 9.66. The molecule has 1 saturated heterocycles. The number of aryl methyl sites for hydroxylation is 1. The summed E-state index contributed by atoms with van der Waals surface area (Å²) in [6, 6.07) is 7.11. The van der Waals surface area contributed by atoms with E-state index in [1.165, 1.54) is 11.8 Å². The quantitative estimate of drug-likeness (QED) is 0.609. The Morgan fingerprint density at radius 1 is 1.25 bits per heavy atom. The topological polar surface area (TPSA) is 52.6 Å². The summed E-state index contributed by atoms with van der Waals surface area (Å²) in [5.41, 5.74) is 1.07. The molecular formula is C18H28O4S2. The highest BCUT2D eigenvalue weighted by atomic mass is 32.3. The number of unbranched alkanes of at least 4 members (excludes halogenated alkanes) is 1. The van der Waals surface area contributed by atoms with Crippen molar-refractivity contribution in [2.24, 2.45) is 0 Å². The Hall–Kier alpha value is -0.560. The first kappa shape index (κ1) is 19.8. The Bertz CT molecular complexity index is 578. The number of sulfone groups is 1. The monoisotopic (exact) mass is 372 g/mol. The van der Waals surface area contributed by atoms with E-state index in [-0.39, 0.29) is 6.29 Å². The first-order valence-electron chi connectivity index (χ1n) is 8.60. The number of hydrogen-bond acceptors (Lipinski definition) is 5. The number of hydrogen-bond donors (Lipinski definition) is 0. The third-order valence-corrected chi connectivity index (χ3v) is 8.19. The molecule has 0 N–H and O–H groups in total. The molecule has 6 heteroatoms. The van der Waals surface area contributed by atoms with E-state index >= 15 is 0 Å². The van der Waals surface area contributed by atoms with Gasteiger partial charge in [-0.25, -0.2) is 8.42 Å². The minimum absolute atomic E-state index is 0.0635. The van der Waals surface area contributed by atoms with Gasteiger partial charge in [0.15, 0.2) is 16.1 Å². The summed E-state index contributed by atoms with van der Waals surface area (Å²) in [7, 11) is -3.28. The van der Waals surface area contributed by atoms with E-state index in [0.29, 0.717) is 17.9 Å². The lowest BCUT2D eigenvalue weighted by molar-refractivity contribution is -0.162. The van der Waals surface area contributed by atoms with Crippen molar-refractivity contribution in [2.45, 2.75) is 61.2 Å². The predicted molar refractivity (Wildman–Crippen MR) is 99.1 cm³/mol.